The summed E-state index contributed by atoms with van der Waals surface area (Å²) in [4.78, 5) is 40.4. The van der Waals surface area contributed by atoms with Crippen LogP contribution in [0, 0.1) is 0 Å². The summed E-state index contributed by atoms with van der Waals surface area (Å²) in [6.45, 7) is 0. The number of hydrogen-bond acceptors (Lipinski definition) is 12. The van der Waals surface area contributed by atoms with Crippen LogP contribution in [0.15, 0.2) is 377 Å². The van der Waals surface area contributed by atoms with E-state index in [0.29, 0.717) is 34.9 Å². The van der Waals surface area contributed by atoms with E-state index in [9.17, 15) is 0 Å². The van der Waals surface area contributed by atoms with Gasteiger partial charge in [-0.05, 0) is 77.9 Å². The molecule has 0 aliphatic carbocycles. The monoisotopic (exact) mass is 1500 g/mol. The molecule has 12 heteroatoms. The van der Waals surface area contributed by atoms with Crippen molar-refractivity contribution < 1.29 is 13.3 Å². The van der Waals surface area contributed by atoms with Crippen LogP contribution < -0.4 is 0 Å². The molecule has 24 rings (SSSR count). The van der Waals surface area contributed by atoms with Crippen LogP contribution in [0.1, 0.15) is 0 Å². The highest BCUT2D eigenvalue weighted by Crippen LogP contribution is 2.47. The topological polar surface area (TPSA) is 143 Å². The maximum atomic E-state index is 6.78. The lowest BCUT2D eigenvalue weighted by atomic mass is 9.95. The van der Waals surface area contributed by atoms with E-state index in [-0.39, 0.29) is 0 Å². The number of thiophene rings is 1. The van der Waals surface area contributed by atoms with Crippen molar-refractivity contribution in [3.8, 4) is 113 Å². The maximum absolute atomic E-state index is 6.78. The van der Waals surface area contributed by atoms with Crippen molar-refractivity contribution in [2.45, 2.75) is 0 Å². The molecule has 0 bridgehead atoms. The van der Waals surface area contributed by atoms with Gasteiger partial charge in [-0.1, -0.05) is 297 Å². The first kappa shape index (κ1) is 66.3. The molecular weight excluding hydrogens is 1440 g/mol. The van der Waals surface area contributed by atoms with Crippen molar-refractivity contribution in [3.63, 3.8) is 0 Å². The smallest absolute Gasteiger partial charge is 0.164 e. The number of hydrogen-bond donors (Lipinski definition) is 0. The summed E-state index contributed by atoms with van der Waals surface area (Å²) in [7, 11) is 0. The molecule has 16 aromatic carbocycles. The van der Waals surface area contributed by atoms with E-state index < -0.39 is 0 Å². The molecule has 8 heterocycles. The van der Waals surface area contributed by atoms with Crippen LogP contribution in [0.3, 0.4) is 0 Å². The van der Waals surface area contributed by atoms with Gasteiger partial charge in [-0.2, -0.15) is 0 Å². The number of aromatic nitrogens is 8. The third-order valence-electron chi connectivity index (χ3n) is 22.3. The third kappa shape index (κ3) is 11.3. The number of fused-ring (bicyclic) bond motifs is 20. The van der Waals surface area contributed by atoms with Gasteiger partial charge in [0.1, 0.15) is 33.5 Å². The number of furan rings is 3. The first-order valence-corrected chi connectivity index (χ1v) is 39.4. The van der Waals surface area contributed by atoms with E-state index in [1.807, 2.05) is 103 Å². The summed E-state index contributed by atoms with van der Waals surface area (Å²) in [6, 6.07) is 125. The molecule has 0 radical (unpaired) electrons. The van der Waals surface area contributed by atoms with Crippen molar-refractivity contribution >= 4 is 141 Å². The molecule has 0 unspecified atom stereocenters. The summed E-state index contributed by atoms with van der Waals surface area (Å²) in [5, 5.41) is 15.7. The summed E-state index contributed by atoms with van der Waals surface area (Å²) in [5.41, 5.74) is 20.6. The second kappa shape index (κ2) is 27.2. The SMILES string of the molecule is c1ccc(-c2nc(-c3ccc(-c4cccc5c4oc4ccc6c(-c7ccccc7)nc7ccccc7c6c45)cc3)nc(-c3ccc4c(c3)oc3ccccc34)n2)cc1.c1ccc(-c2nc(-c3ccc(-c4cccc5c4oc4ccc6c(-c7ccccc7)nc7ccccc7c6c45)cc3)nc(-c3ccc4c(c3)sc3ccccc34)n2)cc1. The van der Waals surface area contributed by atoms with Crippen LogP contribution in [-0.4, -0.2) is 39.9 Å². The lowest BCUT2D eigenvalue weighted by Crippen LogP contribution is -2.00. The minimum Gasteiger partial charge on any atom is -0.456 e. The quantitative estimate of drug-likeness (QED) is 0.121. The van der Waals surface area contributed by atoms with Crippen LogP contribution in [0.5, 0.6) is 0 Å². The highest BCUT2D eigenvalue weighted by molar-refractivity contribution is 7.25. The Morgan fingerprint density at radius 2 is 0.526 bits per heavy atom. The van der Waals surface area contributed by atoms with Gasteiger partial charge in [0.05, 0.1) is 22.4 Å². The lowest BCUT2D eigenvalue weighted by Gasteiger charge is -2.11. The van der Waals surface area contributed by atoms with Crippen molar-refractivity contribution in [3.05, 3.63) is 364 Å². The van der Waals surface area contributed by atoms with Crippen molar-refractivity contribution in [2.24, 2.45) is 0 Å². The Balaban J connectivity index is 0.000000137. The van der Waals surface area contributed by atoms with Gasteiger partial charge >= 0.3 is 0 Å². The van der Waals surface area contributed by atoms with Crippen LogP contribution >= 0.6 is 11.3 Å². The van der Waals surface area contributed by atoms with Crippen LogP contribution in [0.2, 0.25) is 0 Å². The van der Waals surface area contributed by atoms with Gasteiger partial charge in [0.25, 0.3) is 0 Å². The zero-order valence-corrected chi connectivity index (χ0v) is 62.7. The Kier molecular flexibility index (Phi) is 15.5. The maximum Gasteiger partial charge on any atom is 0.164 e. The Morgan fingerprint density at radius 3 is 1.02 bits per heavy atom. The standard InChI is InChI=1S/C52H30N4O2.C52H30N4OS/c1-3-12-32(13-4-1)48-40-28-29-44-47(46(40)39-17-7-9-20-42(39)53-48)41-19-11-18-36(49(41)58-44)31-22-24-34(25-23-31)51-54-50(33-14-5-2-6-15-33)55-52(56-51)35-26-27-38-37-16-8-10-21-43(37)57-45(38)30-35;1-3-12-32(13-4-1)48-40-28-29-43-47(46(40)39-17-7-9-20-42(39)53-48)41-19-11-18-36(49(41)57-43)31-22-24-34(25-23-31)51-54-50(33-14-5-2-6-15-33)55-52(56-51)35-26-27-38-37-16-8-10-21-44(37)58-45(38)30-35/h2*1-30H. The number of para-hydroxylation sites is 5. The zero-order chi connectivity index (χ0) is 76.3. The fourth-order valence-electron chi connectivity index (χ4n) is 16.8. The highest BCUT2D eigenvalue weighted by atomic mass is 32.1. The number of pyridine rings is 2. The average molecular weight is 1500 g/mol. The van der Waals surface area contributed by atoms with Crippen LogP contribution in [0.25, 0.3) is 242 Å². The normalized spacial score (nSPS) is 11.8. The second-order valence-electron chi connectivity index (χ2n) is 29.1. The number of benzene rings is 16. The molecule has 0 atom stereocenters. The van der Waals surface area contributed by atoms with Gasteiger partial charge in [-0.15, -0.1) is 11.3 Å². The highest BCUT2D eigenvalue weighted by Gasteiger charge is 2.24. The summed E-state index contributed by atoms with van der Waals surface area (Å²) in [6.07, 6.45) is 0. The van der Waals surface area contributed by atoms with E-state index in [1.54, 1.807) is 11.3 Å². The van der Waals surface area contributed by atoms with Crippen molar-refractivity contribution in [2.75, 3.05) is 0 Å². The molecule has 116 heavy (non-hydrogen) atoms. The predicted molar refractivity (Wildman–Crippen MR) is 474 cm³/mol. The molecule has 24 aromatic rings. The van der Waals surface area contributed by atoms with Gasteiger partial charge in [-0.3, -0.25) is 0 Å². The van der Waals surface area contributed by atoms with E-state index in [1.165, 1.54) is 20.2 Å². The third-order valence-corrected chi connectivity index (χ3v) is 23.4. The molecular formula is C104H60N8O3S. The molecule has 0 aliphatic heterocycles. The van der Waals surface area contributed by atoms with Crippen LogP contribution in [0.4, 0.5) is 0 Å². The second-order valence-corrected chi connectivity index (χ2v) is 30.2. The Labute approximate surface area is 666 Å². The van der Waals surface area contributed by atoms with E-state index in [0.717, 1.165) is 187 Å². The van der Waals surface area contributed by atoms with Crippen LogP contribution in [-0.2, 0) is 0 Å². The van der Waals surface area contributed by atoms with Gasteiger partial charge in [0, 0.05) is 140 Å². The molecule has 0 N–H and O–H groups in total. The van der Waals surface area contributed by atoms with E-state index in [2.05, 4.69) is 261 Å². The molecule has 0 aliphatic rings. The summed E-state index contributed by atoms with van der Waals surface area (Å²) >= 11 is 1.79. The minimum atomic E-state index is 0.577. The van der Waals surface area contributed by atoms with E-state index in [4.69, 9.17) is 53.1 Å². The molecule has 0 fully saturated rings. The first-order chi connectivity index (χ1) is 57.5. The largest absolute Gasteiger partial charge is 0.456 e. The molecule has 540 valence electrons. The van der Waals surface area contributed by atoms with Gasteiger partial charge in [0.15, 0.2) is 34.9 Å². The number of nitrogens with zero attached hydrogens (tertiary/aromatic N) is 8. The fourth-order valence-corrected chi connectivity index (χ4v) is 17.9. The van der Waals surface area contributed by atoms with Crippen molar-refractivity contribution in [1.82, 2.24) is 39.9 Å². The fraction of sp³-hybridized carbons (Fsp3) is 0. The lowest BCUT2D eigenvalue weighted by molar-refractivity contribution is 0.669. The van der Waals surface area contributed by atoms with Crippen molar-refractivity contribution in [1.29, 1.82) is 0 Å². The van der Waals surface area contributed by atoms with E-state index >= 15 is 0 Å². The molecule has 11 nitrogen and oxygen atoms in total. The molecule has 0 amide bonds. The van der Waals surface area contributed by atoms with Gasteiger partial charge in [-0.25, -0.2) is 39.9 Å². The summed E-state index contributed by atoms with van der Waals surface area (Å²) < 4.78 is 22.3. The molecule has 0 spiro atoms. The van der Waals surface area contributed by atoms with Gasteiger partial charge in [0.2, 0.25) is 0 Å². The molecule has 0 saturated carbocycles. The number of rotatable bonds is 10. The molecule has 8 aromatic heterocycles. The predicted octanol–water partition coefficient (Wildman–Crippen LogP) is 27.9. The Morgan fingerprint density at radius 1 is 0.181 bits per heavy atom. The van der Waals surface area contributed by atoms with Gasteiger partial charge < -0.3 is 13.3 Å². The Hall–Kier alpha value is -15.5. The Bertz CT molecular complexity index is 7590. The summed E-state index contributed by atoms with van der Waals surface area (Å²) in [5.74, 6) is 3.67. The molecule has 0 saturated heterocycles. The first-order valence-electron chi connectivity index (χ1n) is 38.6. The average Bonchev–Trinajstić information content (AvgIpc) is 1.49. The zero-order valence-electron chi connectivity index (χ0n) is 61.9. The minimum absolute atomic E-state index is 0.577.